The Labute approximate surface area is 198 Å². The van der Waals surface area contributed by atoms with Crippen LogP contribution in [0.5, 0.6) is 5.75 Å². The van der Waals surface area contributed by atoms with Crippen LogP contribution in [0.4, 0.5) is 13.6 Å². The minimum atomic E-state index is -3.11. The number of pyridine rings is 1. The lowest BCUT2D eigenvalue weighted by Crippen LogP contribution is -2.70. The van der Waals surface area contributed by atoms with Crippen molar-refractivity contribution < 1.29 is 23.1 Å². The molecule has 1 saturated carbocycles. The maximum atomic E-state index is 13.2. The first kappa shape index (κ1) is 23.4. The van der Waals surface area contributed by atoms with Crippen molar-refractivity contribution in [1.82, 2.24) is 15.2 Å². The second-order valence-electron chi connectivity index (χ2n) is 8.75. The van der Waals surface area contributed by atoms with Crippen LogP contribution >= 0.6 is 15.9 Å². The number of rotatable bonds is 7. The summed E-state index contributed by atoms with van der Waals surface area (Å²) >= 11 is 3.22. The predicted molar refractivity (Wildman–Crippen MR) is 121 cm³/mol. The number of primary amides is 1. The van der Waals surface area contributed by atoms with Gasteiger partial charge in [0, 0.05) is 23.3 Å². The van der Waals surface area contributed by atoms with Gasteiger partial charge in [0.05, 0.1) is 6.04 Å². The number of hydrogen-bond donors (Lipinski definition) is 2. The van der Waals surface area contributed by atoms with Crippen molar-refractivity contribution >= 4 is 27.9 Å². The van der Waals surface area contributed by atoms with E-state index < -0.39 is 30.0 Å². The van der Waals surface area contributed by atoms with Crippen molar-refractivity contribution in [1.29, 1.82) is 0 Å². The molecule has 0 bridgehead atoms. The van der Waals surface area contributed by atoms with E-state index in [1.54, 1.807) is 12.1 Å². The summed E-state index contributed by atoms with van der Waals surface area (Å²) in [6.07, 6.45) is 3.17. The summed E-state index contributed by atoms with van der Waals surface area (Å²) in [5.74, 6) is -0.827. The Morgan fingerprint density at radius 2 is 2.00 bits per heavy atom. The van der Waals surface area contributed by atoms with Gasteiger partial charge < -0.3 is 20.7 Å². The fourth-order valence-corrected chi connectivity index (χ4v) is 4.78. The van der Waals surface area contributed by atoms with Crippen LogP contribution in [-0.2, 0) is 10.2 Å². The fourth-order valence-electron chi connectivity index (χ4n) is 4.47. The number of nitrogens with two attached hydrogens (primary N) is 1. The average molecular weight is 523 g/mol. The van der Waals surface area contributed by atoms with Crippen molar-refractivity contribution in [3.05, 3.63) is 57.8 Å². The van der Waals surface area contributed by atoms with Gasteiger partial charge in [-0.05, 0) is 51.9 Å². The number of nitrogens with one attached hydrogen (secondary N) is 1. The normalized spacial score (nSPS) is 22.3. The van der Waals surface area contributed by atoms with Crippen molar-refractivity contribution in [3.8, 4) is 5.75 Å². The number of aromatic nitrogens is 1. The summed E-state index contributed by atoms with van der Waals surface area (Å²) in [5, 5.41) is 2.90. The summed E-state index contributed by atoms with van der Waals surface area (Å²) in [7, 11) is 0. The van der Waals surface area contributed by atoms with Crippen molar-refractivity contribution in [2.75, 3.05) is 6.54 Å². The molecular weight excluding hydrogens is 498 g/mol. The van der Waals surface area contributed by atoms with Gasteiger partial charge in [0.15, 0.2) is 5.75 Å². The number of alkyl halides is 2. The van der Waals surface area contributed by atoms with Gasteiger partial charge in [0.1, 0.15) is 11.1 Å². The Hall–Kier alpha value is -2.75. The molecule has 0 radical (unpaired) electrons. The van der Waals surface area contributed by atoms with E-state index in [1.165, 1.54) is 17.2 Å². The molecule has 2 atom stereocenters. The van der Waals surface area contributed by atoms with E-state index in [-0.39, 0.29) is 29.9 Å². The van der Waals surface area contributed by atoms with Gasteiger partial charge >= 0.3 is 12.6 Å². The number of urea groups is 1. The van der Waals surface area contributed by atoms with E-state index in [0.717, 1.165) is 18.4 Å². The highest BCUT2D eigenvalue weighted by molar-refractivity contribution is 9.10. The quantitative estimate of drug-likeness (QED) is 0.568. The first-order valence-corrected chi connectivity index (χ1v) is 11.5. The molecule has 1 aromatic carbocycles. The van der Waals surface area contributed by atoms with Crippen LogP contribution in [-0.4, -0.2) is 41.0 Å². The standard InChI is InChI=1S/C23H25BrF2N4O3/c1-12(2)15-5-3-4-6-16(15)23(20(27)31)11-30(22(32)29-14-7-8-14)19(23)18-17(33-21(25)26)9-13(24)10-28-18/h3-6,9-10,12,14,19,21H,7-8,11H2,1-2H3,(H2,27,31)(H,29,32). The SMILES string of the molecule is CC(C)c1ccccc1C1(C(N)=O)CN(C(=O)NC2CC2)C1c1ncc(Br)cc1OC(F)F. The van der Waals surface area contributed by atoms with E-state index in [9.17, 15) is 18.4 Å². The molecule has 33 heavy (non-hydrogen) atoms. The lowest BCUT2D eigenvalue weighted by atomic mass is 9.63. The van der Waals surface area contributed by atoms with Crippen LogP contribution < -0.4 is 15.8 Å². The molecule has 2 fully saturated rings. The molecule has 1 aliphatic heterocycles. The highest BCUT2D eigenvalue weighted by Gasteiger charge is 2.62. The van der Waals surface area contributed by atoms with Gasteiger partial charge in [-0.15, -0.1) is 0 Å². The fraction of sp³-hybridized carbons (Fsp3) is 0.435. The molecule has 2 aliphatic rings. The molecule has 2 heterocycles. The number of carbonyl (C=O) groups is 2. The van der Waals surface area contributed by atoms with Gasteiger partial charge in [-0.3, -0.25) is 9.78 Å². The Kier molecular flexibility index (Phi) is 6.30. The zero-order chi connectivity index (χ0) is 23.9. The lowest BCUT2D eigenvalue weighted by Gasteiger charge is -2.55. The molecule has 2 aromatic rings. The average Bonchev–Trinajstić information content (AvgIpc) is 3.53. The van der Waals surface area contributed by atoms with Crippen LogP contribution in [0.15, 0.2) is 41.0 Å². The number of ether oxygens (including phenoxy) is 1. The highest BCUT2D eigenvalue weighted by atomic mass is 79.9. The number of halogens is 3. The Morgan fingerprint density at radius 1 is 1.30 bits per heavy atom. The summed E-state index contributed by atoms with van der Waals surface area (Å²) in [4.78, 5) is 31.9. The molecule has 2 unspecified atom stereocenters. The number of likely N-dealkylation sites (tertiary alicyclic amines) is 1. The molecule has 3 N–H and O–H groups in total. The van der Waals surface area contributed by atoms with Crippen LogP contribution in [0, 0.1) is 0 Å². The second kappa shape index (κ2) is 8.89. The van der Waals surface area contributed by atoms with Gasteiger partial charge in [-0.2, -0.15) is 8.78 Å². The van der Waals surface area contributed by atoms with Gasteiger partial charge in [-0.25, -0.2) is 4.79 Å². The van der Waals surface area contributed by atoms with E-state index in [0.29, 0.717) is 10.0 Å². The van der Waals surface area contributed by atoms with Gasteiger partial charge in [0.2, 0.25) is 5.91 Å². The third-order valence-corrected chi connectivity index (χ3v) is 6.62. The van der Waals surface area contributed by atoms with E-state index in [4.69, 9.17) is 10.5 Å². The zero-order valence-corrected chi connectivity index (χ0v) is 19.8. The van der Waals surface area contributed by atoms with E-state index in [2.05, 4.69) is 26.2 Å². The minimum Gasteiger partial charge on any atom is -0.433 e. The number of hydrogen-bond acceptors (Lipinski definition) is 4. The number of nitrogens with zero attached hydrogens (tertiary/aromatic N) is 2. The minimum absolute atomic E-state index is 0.00114. The molecule has 10 heteroatoms. The maximum absolute atomic E-state index is 13.2. The van der Waals surface area contributed by atoms with Crippen LogP contribution in [0.25, 0.3) is 0 Å². The molecule has 1 aliphatic carbocycles. The number of amides is 3. The Bertz CT molecular complexity index is 1080. The predicted octanol–water partition coefficient (Wildman–Crippen LogP) is 4.22. The zero-order valence-electron chi connectivity index (χ0n) is 18.2. The van der Waals surface area contributed by atoms with E-state index >= 15 is 0 Å². The van der Waals surface area contributed by atoms with E-state index in [1.807, 2.05) is 26.0 Å². The van der Waals surface area contributed by atoms with Crippen molar-refractivity contribution in [2.24, 2.45) is 5.73 Å². The first-order valence-electron chi connectivity index (χ1n) is 10.7. The summed E-state index contributed by atoms with van der Waals surface area (Å²) in [5.41, 5.74) is 6.23. The summed E-state index contributed by atoms with van der Waals surface area (Å²) in [6, 6.07) is 7.37. The van der Waals surface area contributed by atoms with Gasteiger partial charge in [-0.1, -0.05) is 38.1 Å². The lowest BCUT2D eigenvalue weighted by molar-refractivity contribution is -0.134. The van der Waals surface area contributed by atoms with Crippen LogP contribution in [0.2, 0.25) is 0 Å². The third-order valence-electron chi connectivity index (χ3n) is 6.19. The molecule has 7 nitrogen and oxygen atoms in total. The second-order valence-corrected chi connectivity index (χ2v) is 9.66. The Morgan fingerprint density at radius 3 is 2.61 bits per heavy atom. The topological polar surface area (TPSA) is 97.6 Å². The molecule has 1 aromatic heterocycles. The molecular formula is C23H25BrF2N4O3. The molecule has 3 amide bonds. The molecule has 176 valence electrons. The monoisotopic (exact) mass is 522 g/mol. The summed E-state index contributed by atoms with van der Waals surface area (Å²) in [6.45, 7) is 0.866. The van der Waals surface area contributed by atoms with Crippen molar-refractivity contribution in [2.45, 2.75) is 56.7 Å². The number of benzene rings is 1. The van der Waals surface area contributed by atoms with Crippen LogP contribution in [0.1, 0.15) is 55.5 Å². The largest absolute Gasteiger partial charge is 0.433 e. The Balaban J connectivity index is 1.89. The maximum Gasteiger partial charge on any atom is 0.387 e. The molecule has 4 rings (SSSR count). The first-order chi connectivity index (χ1) is 15.6. The third kappa shape index (κ3) is 4.28. The molecule has 1 saturated heterocycles. The van der Waals surface area contributed by atoms with Crippen molar-refractivity contribution in [3.63, 3.8) is 0 Å². The van der Waals surface area contributed by atoms with Crippen LogP contribution in [0.3, 0.4) is 0 Å². The van der Waals surface area contributed by atoms with Gasteiger partial charge in [0.25, 0.3) is 0 Å². The summed E-state index contributed by atoms with van der Waals surface area (Å²) < 4.78 is 31.7. The smallest absolute Gasteiger partial charge is 0.387 e. The number of carbonyl (C=O) groups excluding carboxylic acids is 2. The molecule has 0 spiro atoms. The highest BCUT2D eigenvalue weighted by Crippen LogP contribution is 2.54.